The van der Waals surface area contributed by atoms with Crippen LogP contribution in [0.4, 0.5) is 10.5 Å². The SMILES string of the molecule is O=C(NCc1cccc(Cl)c1)Nc1ccc2nc(-c3cscn3)[nH]c2c1. The lowest BCUT2D eigenvalue weighted by Crippen LogP contribution is -2.28. The summed E-state index contributed by atoms with van der Waals surface area (Å²) in [7, 11) is 0. The predicted octanol–water partition coefficient (Wildman–Crippen LogP) is 4.66. The molecule has 0 unspecified atom stereocenters. The van der Waals surface area contributed by atoms with Gasteiger partial charge < -0.3 is 15.6 Å². The molecule has 2 aromatic carbocycles. The van der Waals surface area contributed by atoms with Crippen molar-refractivity contribution in [3.8, 4) is 11.5 Å². The zero-order chi connectivity index (χ0) is 17.9. The molecule has 0 fully saturated rings. The van der Waals surface area contributed by atoms with Crippen LogP contribution in [-0.4, -0.2) is 21.0 Å². The van der Waals surface area contributed by atoms with Crippen molar-refractivity contribution >= 4 is 45.7 Å². The molecule has 3 N–H and O–H groups in total. The molecule has 2 amide bonds. The summed E-state index contributed by atoms with van der Waals surface area (Å²) in [4.78, 5) is 24.1. The number of thiazole rings is 1. The summed E-state index contributed by atoms with van der Waals surface area (Å²) in [5.74, 6) is 0.712. The maximum atomic E-state index is 12.1. The lowest BCUT2D eigenvalue weighted by Gasteiger charge is -2.08. The molecular weight excluding hydrogens is 370 g/mol. The summed E-state index contributed by atoms with van der Waals surface area (Å²) in [6.45, 7) is 0.396. The van der Waals surface area contributed by atoms with Gasteiger partial charge in [-0.2, -0.15) is 0 Å². The molecular formula is C18H14ClN5OS. The second-order valence-corrected chi connectivity index (χ2v) is 6.78. The first-order valence-corrected chi connectivity index (χ1v) is 9.17. The van der Waals surface area contributed by atoms with Gasteiger partial charge in [-0.3, -0.25) is 0 Å². The standard InChI is InChI=1S/C18H14ClN5OS/c19-12-3-1-2-11(6-12)8-20-18(25)22-13-4-5-14-15(7-13)24-17(23-14)16-9-26-10-21-16/h1-7,9-10H,8H2,(H,23,24)(H2,20,22,25). The molecule has 0 atom stereocenters. The van der Waals surface area contributed by atoms with Crippen LogP contribution in [0.3, 0.4) is 0 Å². The van der Waals surface area contributed by atoms with Crippen LogP contribution in [0.2, 0.25) is 5.02 Å². The smallest absolute Gasteiger partial charge is 0.319 e. The summed E-state index contributed by atoms with van der Waals surface area (Å²) >= 11 is 7.46. The fourth-order valence-electron chi connectivity index (χ4n) is 2.54. The van der Waals surface area contributed by atoms with Crippen molar-refractivity contribution in [2.24, 2.45) is 0 Å². The number of carbonyl (C=O) groups is 1. The Morgan fingerprint density at radius 2 is 2.15 bits per heavy atom. The van der Waals surface area contributed by atoms with Gasteiger partial charge in [0.05, 0.1) is 16.5 Å². The molecule has 0 aliphatic heterocycles. The highest BCUT2D eigenvalue weighted by atomic mass is 35.5. The van der Waals surface area contributed by atoms with Crippen molar-refractivity contribution in [1.82, 2.24) is 20.3 Å². The zero-order valence-corrected chi connectivity index (χ0v) is 15.1. The Balaban J connectivity index is 1.44. The van der Waals surface area contributed by atoms with E-state index in [0.717, 1.165) is 22.3 Å². The second-order valence-electron chi connectivity index (χ2n) is 5.63. The number of carbonyl (C=O) groups excluding carboxylic acids is 1. The number of nitrogens with zero attached hydrogens (tertiary/aromatic N) is 2. The summed E-state index contributed by atoms with van der Waals surface area (Å²) in [6, 6.07) is 12.6. The second kappa shape index (κ2) is 7.15. The first-order valence-electron chi connectivity index (χ1n) is 7.85. The minimum atomic E-state index is -0.288. The van der Waals surface area contributed by atoms with Gasteiger partial charge in [-0.1, -0.05) is 23.7 Å². The van der Waals surface area contributed by atoms with Crippen LogP contribution in [-0.2, 0) is 6.54 Å². The Hall–Kier alpha value is -2.90. The monoisotopic (exact) mass is 383 g/mol. The van der Waals surface area contributed by atoms with E-state index >= 15 is 0 Å². The number of urea groups is 1. The van der Waals surface area contributed by atoms with E-state index in [1.165, 1.54) is 11.3 Å². The molecule has 0 radical (unpaired) electrons. The first kappa shape index (κ1) is 16.6. The summed E-state index contributed by atoms with van der Waals surface area (Å²) in [5.41, 5.74) is 5.83. The zero-order valence-electron chi connectivity index (χ0n) is 13.5. The van der Waals surface area contributed by atoms with Gasteiger partial charge in [0.1, 0.15) is 5.69 Å². The minimum absolute atomic E-state index is 0.288. The minimum Gasteiger partial charge on any atom is -0.337 e. The number of hydrogen-bond acceptors (Lipinski definition) is 4. The quantitative estimate of drug-likeness (QED) is 0.479. The molecule has 2 heterocycles. The molecule has 4 aromatic rings. The number of amides is 2. The normalized spacial score (nSPS) is 10.8. The summed E-state index contributed by atoms with van der Waals surface area (Å²) < 4.78 is 0. The lowest BCUT2D eigenvalue weighted by atomic mass is 10.2. The van der Waals surface area contributed by atoms with Crippen LogP contribution in [0.5, 0.6) is 0 Å². The number of aromatic nitrogens is 3. The van der Waals surface area contributed by atoms with Crippen LogP contribution in [0.1, 0.15) is 5.56 Å². The highest BCUT2D eigenvalue weighted by Crippen LogP contribution is 2.22. The number of halogens is 1. The van der Waals surface area contributed by atoms with E-state index in [9.17, 15) is 4.79 Å². The number of anilines is 1. The molecule has 2 aromatic heterocycles. The molecule has 0 spiro atoms. The van der Waals surface area contributed by atoms with E-state index in [0.29, 0.717) is 23.1 Å². The summed E-state index contributed by atoms with van der Waals surface area (Å²) in [6.07, 6.45) is 0. The number of rotatable bonds is 4. The maximum absolute atomic E-state index is 12.1. The van der Waals surface area contributed by atoms with Crippen molar-refractivity contribution in [2.45, 2.75) is 6.54 Å². The molecule has 0 saturated heterocycles. The molecule has 6 nitrogen and oxygen atoms in total. The van der Waals surface area contributed by atoms with Crippen LogP contribution in [0, 0.1) is 0 Å². The van der Waals surface area contributed by atoms with Gasteiger partial charge in [-0.15, -0.1) is 11.3 Å². The maximum Gasteiger partial charge on any atom is 0.319 e. The van der Waals surface area contributed by atoms with Gasteiger partial charge in [0.25, 0.3) is 0 Å². The van der Waals surface area contributed by atoms with Crippen molar-refractivity contribution in [3.63, 3.8) is 0 Å². The molecule has 4 rings (SSSR count). The Morgan fingerprint density at radius 1 is 1.23 bits per heavy atom. The first-order chi connectivity index (χ1) is 12.7. The number of H-pyrrole nitrogens is 1. The third-order valence-electron chi connectivity index (χ3n) is 3.76. The van der Waals surface area contributed by atoms with E-state index in [1.54, 1.807) is 11.6 Å². The molecule has 0 aliphatic carbocycles. The average Bonchev–Trinajstić information content (AvgIpc) is 3.29. The van der Waals surface area contributed by atoms with Crippen LogP contribution in [0.15, 0.2) is 53.4 Å². The Kier molecular flexibility index (Phi) is 4.55. The third-order valence-corrected chi connectivity index (χ3v) is 4.58. The molecule has 0 aliphatic rings. The van der Waals surface area contributed by atoms with Gasteiger partial charge in [0.15, 0.2) is 5.82 Å². The predicted molar refractivity (Wildman–Crippen MR) is 105 cm³/mol. The Morgan fingerprint density at radius 3 is 2.96 bits per heavy atom. The summed E-state index contributed by atoms with van der Waals surface area (Å²) in [5, 5.41) is 8.20. The Bertz CT molecular complexity index is 1060. The number of benzene rings is 2. The number of nitrogens with one attached hydrogen (secondary N) is 3. The van der Waals surface area contributed by atoms with Gasteiger partial charge >= 0.3 is 6.03 Å². The number of hydrogen-bond donors (Lipinski definition) is 3. The van der Waals surface area contributed by atoms with E-state index in [2.05, 4.69) is 25.6 Å². The van der Waals surface area contributed by atoms with Gasteiger partial charge in [0, 0.05) is 22.6 Å². The molecule has 8 heteroatoms. The van der Waals surface area contributed by atoms with Crippen molar-refractivity contribution in [3.05, 3.63) is 63.9 Å². The van der Waals surface area contributed by atoms with Crippen molar-refractivity contribution in [1.29, 1.82) is 0 Å². The van der Waals surface area contributed by atoms with Crippen molar-refractivity contribution < 1.29 is 4.79 Å². The van der Waals surface area contributed by atoms with E-state index < -0.39 is 0 Å². The van der Waals surface area contributed by atoms with E-state index in [-0.39, 0.29) is 6.03 Å². The van der Waals surface area contributed by atoms with Crippen LogP contribution >= 0.6 is 22.9 Å². The van der Waals surface area contributed by atoms with Gasteiger partial charge in [-0.25, -0.2) is 14.8 Å². The number of fused-ring (bicyclic) bond motifs is 1. The third kappa shape index (κ3) is 3.68. The fraction of sp³-hybridized carbons (Fsp3) is 0.0556. The van der Waals surface area contributed by atoms with Crippen molar-refractivity contribution in [2.75, 3.05) is 5.32 Å². The van der Waals surface area contributed by atoms with Crippen LogP contribution < -0.4 is 10.6 Å². The highest BCUT2D eigenvalue weighted by molar-refractivity contribution is 7.07. The molecule has 26 heavy (non-hydrogen) atoms. The number of aromatic amines is 1. The topological polar surface area (TPSA) is 82.7 Å². The Labute approximate surface area is 158 Å². The lowest BCUT2D eigenvalue weighted by molar-refractivity contribution is 0.251. The van der Waals surface area contributed by atoms with Gasteiger partial charge in [0.2, 0.25) is 0 Å². The fourth-order valence-corrected chi connectivity index (χ4v) is 3.29. The highest BCUT2D eigenvalue weighted by Gasteiger charge is 2.09. The largest absolute Gasteiger partial charge is 0.337 e. The van der Waals surface area contributed by atoms with E-state index in [4.69, 9.17) is 11.6 Å². The number of imidazole rings is 1. The molecule has 130 valence electrons. The molecule has 0 saturated carbocycles. The van der Waals surface area contributed by atoms with Crippen LogP contribution in [0.25, 0.3) is 22.6 Å². The van der Waals surface area contributed by atoms with E-state index in [1.807, 2.05) is 41.8 Å². The average molecular weight is 384 g/mol. The molecule has 0 bridgehead atoms. The van der Waals surface area contributed by atoms with Gasteiger partial charge in [-0.05, 0) is 35.9 Å².